The Bertz CT molecular complexity index is 638. The highest BCUT2D eigenvalue weighted by Gasteiger charge is 2.22. The van der Waals surface area contributed by atoms with Crippen LogP contribution in [0.5, 0.6) is 11.5 Å². The van der Waals surface area contributed by atoms with Gasteiger partial charge in [0, 0.05) is 50.5 Å². The molecule has 2 aromatic rings. The Labute approximate surface area is 149 Å². The summed E-state index contributed by atoms with van der Waals surface area (Å²) >= 11 is 0. The van der Waals surface area contributed by atoms with Crippen LogP contribution in [-0.2, 0) is 6.54 Å². The zero-order chi connectivity index (χ0) is 17.5. The van der Waals surface area contributed by atoms with Crippen LogP contribution in [0.25, 0.3) is 0 Å². The number of nitrogens with zero attached hydrogens (tertiary/aromatic N) is 3. The predicted molar refractivity (Wildman–Crippen MR) is 98.8 cm³/mol. The van der Waals surface area contributed by atoms with Gasteiger partial charge in [-0.2, -0.15) is 0 Å². The zero-order valence-corrected chi connectivity index (χ0v) is 14.8. The third kappa shape index (κ3) is 4.78. The van der Waals surface area contributed by atoms with Crippen LogP contribution < -0.4 is 4.74 Å². The van der Waals surface area contributed by atoms with Crippen molar-refractivity contribution in [2.75, 3.05) is 32.8 Å². The van der Waals surface area contributed by atoms with Gasteiger partial charge < -0.3 is 9.84 Å². The largest absolute Gasteiger partial charge is 0.455 e. The summed E-state index contributed by atoms with van der Waals surface area (Å²) in [5.41, 5.74) is 1.19. The van der Waals surface area contributed by atoms with Crippen molar-refractivity contribution in [1.29, 1.82) is 0 Å². The van der Waals surface area contributed by atoms with E-state index in [2.05, 4.69) is 33.8 Å². The molecule has 1 atom stereocenters. The summed E-state index contributed by atoms with van der Waals surface area (Å²) in [4.78, 5) is 8.95. The second-order valence-corrected chi connectivity index (χ2v) is 6.46. The summed E-state index contributed by atoms with van der Waals surface area (Å²) in [7, 11) is 0. The first-order valence-corrected chi connectivity index (χ1v) is 9.03. The van der Waals surface area contributed by atoms with E-state index in [4.69, 9.17) is 4.74 Å². The highest BCUT2D eigenvalue weighted by Crippen LogP contribution is 2.26. The second kappa shape index (κ2) is 8.94. The first-order chi connectivity index (χ1) is 12.3. The van der Waals surface area contributed by atoms with Gasteiger partial charge in [-0.15, -0.1) is 0 Å². The third-order valence-corrected chi connectivity index (χ3v) is 4.83. The molecule has 0 amide bonds. The number of piperazine rings is 1. The van der Waals surface area contributed by atoms with Gasteiger partial charge in [0.05, 0.1) is 12.8 Å². The molecule has 1 unspecified atom stereocenters. The first kappa shape index (κ1) is 17.9. The van der Waals surface area contributed by atoms with Crippen molar-refractivity contribution in [2.24, 2.45) is 0 Å². The molecule has 5 nitrogen and oxygen atoms in total. The lowest BCUT2D eigenvalue weighted by atomic mass is 10.1. The number of aliphatic hydroxyl groups excluding tert-OH is 1. The molecule has 0 aliphatic carbocycles. The van der Waals surface area contributed by atoms with Crippen LogP contribution >= 0.6 is 0 Å². The van der Waals surface area contributed by atoms with Crippen molar-refractivity contribution in [3.63, 3.8) is 0 Å². The number of rotatable bonds is 7. The molecule has 0 bridgehead atoms. The van der Waals surface area contributed by atoms with E-state index in [0.717, 1.165) is 50.6 Å². The molecular weight excluding hydrogens is 314 g/mol. The third-order valence-electron chi connectivity index (χ3n) is 4.83. The lowest BCUT2D eigenvalue weighted by molar-refractivity contribution is 0.0606. The molecule has 3 rings (SSSR count). The van der Waals surface area contributed by atoms with Crippen LogP contribution in [0.2, 0.25) is 0 Å². The van der Waals surface area contributed by atoms with E-state index >= 15 is 0 Å². The fraction of sp³-hybridized carbons (Fsp3) is 0.450. The van der Waals surface area contributed by atoms with E-state index in [0.29, 0.717) is 6.04 Å². The molecule has 2 heterocycles. The Morgan fingerprint density at radius 2 is 1.92 bits per heavy atom. The Hall–Kier alpha value is -1.95. The number of para-hydroxylation sites is 1. The molecule has 25 heavy (non-hydrogen) atoms. The molecule has 1 saturated heterocycles. The monoisotopic (exact) mass is 341 g/mol. The Balaban J connectivity index is 1.61. The van der Waals surface area contributed by atoms with Crippen molar-refractivity contribution < 1.29 is 9.84 Å². The highest BCUT2D eigenvalue weighted by atomic mass is 16.5. The molecule has 0 spiro atoms. The highest BCUT2D eigenvalue weighted by molar-refractivity contribution is 5.37. The van der Waals surface area contributed by atoms with E-state index in [1.54, 1.807) is 12.4 Å². The maximum atomic E-state index is 9.48. The fourth-order valence-electron chi connectivity index (χ4n) is 3.30. The number of hydrogen-bond acceptors (Lipinski definition) is 5. The van der Waals surface area contributed by atoms with Gasteiger partial charge in [0.1, 0.15) is 11.5 Å². The van der Waals surface area contributed by atoms with Crippen LogP contribution in [0, 0.1) is 0 Å². The van der Waals surface area contributed by atoms with Gasteiger partial charge in [-0.1, -0.05) is 25.1 Å². The van der Waals surface area contributed by atoms with Crippen LogP contribution in [0.15, 0.2) is 48.8 Å². The van der Waals surface area contributed by atoms with Gasteiger partial charge >= 0.3 is 0 Å². The molecule has 0 radical (unpaired) electrons. The molecule has 1 N–H and O–H groups in total. The molecular formula is C20H27N3O2. The van der Waals surface area contributed by atoms with Gasteiger partial charge in [-0.3, -0.25) is 14.8 Å². The lowest BCUT2D eigenvalue weighted by Crippen LogP contribution is -2.50. The Morgan fingerprint density at radius 1 is 1.12 bits per heavy atom. The fourth-order valence-corrected chi connectivity index (χ4v) is 3.30. The summed E-state index contributed by atoms with van der Waals surface area (Å²) in [6.45, 7) is 7.29. The summed E-state index contributed by atoms with van der Waals surface area (Å²) in [5, 5.41) is 9.48. The quantitative estimate of drug-likeness (QED) is 0.839. The number of hydrogen-bond donors (Lipinski definition) is 1. The van der Waals surface area contributed by atoms with Crippen molar-refractivity contribution in [3.8, 4) is 11.5 Å². The van der Waals surface area contributed by atoms with E-state index in [1.807, 2.05) is 24.3 Å². The standard InChI is InChI=1S/C20H27N3O2/c1-2-18(16-24)23-12-10-22(11-13-23)15-17-6-3-4-8-20(17)25-19-7-5-9-21-14-19/h3-9,14,18,24H,2,10-13,15-16H2,1H3. The van der Waals surface area contributed by atoms with Crippen molar-refractivity contribution in [1.82, 2.24) is 14.8 Å². The van der Waals surface area contributed by atoms with Crippen LogP contribution in [0.3, 0.4) is 0 Å². The van der Waals surface area contributed by atoms with Gasteiger partial charge in [-0.25, -0.2) is 0 Å². The number of pyridine rings is 1. The van der Waals surface area contributed by atoms with Gasteiger partial charge in [0.15, 0.2) is 0 Å². The zero-order valence-electron chi connectivity index (χ0n) is 14.8. The summed E-state index contributed by atoms with van der Waals surface area (Å²) in [6.07, 6.45) is 4.47. The minimum Gasteiger partial charge on any atom is -0.455 e. The molecule has 5 heteroatoms. The van der Waals surface area contributed by atoms with Gasteiger partial charge in [-0.05, 0) is 24.6 Å². The Kier molecular flexibility index (Phi) is 6.39. The van der Waals surface area contributed by atoms with Crippen molar-refractivity contribution in [3.05, 3.63) is 54.4 Å². The molecule has 134 valence electrons. The van der Waals surface area contributed by atoms with E-state index in [-0.39, 0.29) is 6.61 Å². The van der Waals surface area contributed by atoms with Crippen molar-refractivity contribution in [2.45, 2.75) is 25.9 Å². The average Bonchev–Trinajstić information content (AvgIpc) is 2.66. The smallest absolute Gasteiger partial charge is 0.145 e. The molecule has 1 aliphatic heterocycles. The predicted octanol–water partition coefficient (Wildman–Crippen LogP) is 2.76. The average molecular weight is 341 g/mol. The van der Waals surface area contributed by atoms with Gasteiger partial charge in [0.25, 0.3) is 0 Å². The molecule has 1 aromatic heterocycles. The maximum Gasteiger partial charge on any atom is 0.145 e. The molecule has 1 fully saturated rings. The topological polar surface area (TPSA) is 48.8 Å². The van der Waals surface area contributed by atoms with Crippen LogP contribution in [0.1, 0.15) is 18.9 Å². The van der Waals surface area contributed by atoms with Gasteiger partial charge in [0.2, 0.25) is 0 Å². The van der Waals surface area contributed by atoms with Crippen LogP contribution in [0.4, 0.5) is 0 Å². The van der Waals surface area contributed by atoms with E-state index in [9.17, 15) is 5.11 Å². The number of benzene rings is 1. The summed E-state index contributed by atoms with van der Waals surface area (Å²) < 4.78 is 6.01. The number of aromatic nitrogens is 1. The normalized spacial score (nSPS) is 17.4. The maximum absolute atomic E-state index is 9.48. The summed E-state index contributed by atoms with van der Waals surface area (Å²) in [6, 6.07) is 12.3. The SMILES string of the molecule is CCC(CO)N1CCN(Cc2ccccc2Oc2cccnc2)CC1. The molecule has 0 saturated carbocycles. The summed E-state index contributed by atoms with van der Waals surface area (Å²) in [5.74, 6) is 1.65. The molecule has 1 aliphatic rings. The van der Waals surface area contributed by atoms with E-state index in [1.165, 1.54) is 5.56 Å². The van der Waals surface area contributed by atoms with Crippen LogP contribution in [-0.4, -0.2) is 58.7 Å². The van der Waals surface area contributed by atoms with E-state index < -0.39 is 0 Å². The lowest BCUT2D eigenvalue weighted by Gasteiger charge is -2.38. The minimum absolute atomic E-state index is 0.248. The number of aliphatic hydroxyl groups is 1. The van der Waals surface area contributed by atoms with Crippen molar-refractivity contribution >= 4 is 0 Å². The second-order valence-electron chi connectivity index (χ2n) is 6.46. The molecule has 1 aromatic carbocycles. The first-order valence-electron chi connectivity index (χ1n) is 9.03. The minimum atomic E-state index is 0.248. The number of ether oxygens (including phenoxy) is 1. The Morgan fingerprint density at radius 3 is 2.60 bits per heavy atom.